The topological polar surface area (TPSA) is 15.3 Å². The highest BCUT2D eigenvalue weighted by Gasteiger charge is 2.37. The molecule has 1 N–H and O–H groups in total. The predicted octanol–water partition coefficient (Wildman–Crippen LogP) is 3.76. The summed E-state index contributed by atoms with van der Waals surface area (Å²) in [5.74, 6) is -0.870. The Morgan fingerprint density at radius 1 is 1.32 bits per heavy atom. The highest BCUT2D eigenvalue weighted by atomic mass is 19.4. The molecule has 0 aromatic heterocycles. The van der Waals surface area contributed by atoms with E-state index in [1.165, 1.54) is 6.07 Å². The summed E-state index contributed by atoms with van der Waals surface area (Å²) in [6, 6.07) is 2.51. The lowest BCUT2D eigenvalue weighted by Gasteiger charge is -2.36. The molecule has 0 amide bonds. The molecule has 1 atom stereocenters. The van der Waals surface area contributed by atoms with Crippen molar-refractivity contribution < 1.29 is 17.6 Å². The number of alkyl halides is 3. The van der Waals surface area contributed by atoms with Crippen molar-refractivity contribution in [3.63, 3.8) is 0 Å². The van der Waals surface area contributed by atoms with Crippen LogP contribution in [0.2, 0.25) is 0 Å². The first kappa shape index (κ1) is 17.0. The Morgan fingerprint density at radius 3 is 2.50 bits per heavy atom. The van der Waals surface area contributed by atoms with Gasteiger partial charge in [0.2, 0.25) is 0 Å². The van der Waals surface area contributed by atoms with Crippen molar-refractivity contribution in [2.45, 2.75) is 25.6 Å². The average Bonchev–Trinajstić information content (AvgIpc) is 2.45. The lowest BCUT2D eigenvalue weighted by molar-refractivity contribution is -0.139. The molecule has 1 aromatic carbocycles. The van der Waals surface area contributed by atoms with Gasteiger partial charge in [0.15, 0.2) is 0 Å². The van der Waals surface area contributed by atoms with Crippen LogP contribution in [0.5, 0.6) is 0 Å². The van der Waals surface area contributed by atoms with E-state index >= 15 is 0 Å². The third-order valence-electron chi connectivity index (χ3n) is 3.81. The number of piperazine rings is 1. The molecule has 1 aliphatic heterocycles. The first-order valence-corrected chi connectivity index (χ1v) is 7.25. The molecule has 0 radical (unpaired) electrons. The van der Waals surface area contributed by atoms with E-state index in [9.17, 15) is 17.6 Å². The van der Waals surface area contributed by atoms with Crippen LogP contribution in [0.15, 0.2) is 30.4 Å². The molecule has 6 heteroatoms. The fourth-order valence-corrected chi connectivity index (χ4v) is 2.82. The van der Waals surface area contributed by atoms with E-state index in [0.29, 0.717) is 25.6 Å². The molecule has 1 aliphatic rings. The summed E-state index contributed by atoms with van der Waals surface area (Å²) in [6.07, 6.45) is -4.15. The van der Waals surface area contributed by atoms with Gasteiger partial charge < -0.3 is 5.32 Å². The molecule has 0 unspecified atom stereocenters. The summed E-state index contributed by atoms with van der Waals surface area (Å²) in [7, 11) is 0. The SMILES string of the molecule is C=C(C)C[C@H](c1ccc(F)cc1C(F)(F)F)N1CCNCC1. The van der Waals surface area contributed by atoms with Gasteiger partial charge in [0.05, 0.1) is 5.56 Å². The highest BCUT2D eigenvalue weighted by molar-refractivity contribution is 5.34. The Balaban J connectivity index is 2.44. The Hall–Kier alpha value is -1.40. The van der Waals surface area contributed by atoms with Gasteiger partial charge in [0.25, 0.3) is 0 Å². The zero-order chi connectivity index (χ0) is 16.3. The fraction of sp³-hybridized carbons (Fsp3) is 0.500. The van der Waals surface area contributed by atoms with Gasteiger partial charge in [0.1, 0.15) is 5.82 Å². The monoisotopic (exact) mass is 316 g/mol. The second-order valence-corrected chi connectivity index (χ2v) is 5.69. The van der Waals surface area contributed by atoms with Crippen LogP contribution in [0, 0.1) is 5.82 Å². The number of benzene rings is 1. The Labute approximate surface area is 127 Å². The van der Waals surface area contributed by atoms with Gasteiger partial charge in [-0.15, -0.1) is 6.58 Å². The number of hydrogen-bond acceptors (Lipinski definition) is 2. The first-order chi connectivity index (χ1) is 10.3. The standard InChI is InChI=1S/C16H20F4N2/c1-11(2)9-15(22-7-5-21-6-8-22)13-4-3-12(17)10-14(13)16(18,19)20/h3-4,10,15,21H,1,5-9H2,2H3/t15-/m1/s1. The van der Waals surface area contributed by atoms with Crippen LogP contribution in [0.3, 0.4) is 0 Å². The highest BCUT2D eigenvalue weighted by Crippen LogP contribution is 2.38. The van der Waals surface area contributed by atoms with E-state index < -0.39 is 23.6 Å². The maximum absolute atomic E-state index is 13.3. The number of halogens is 4. The molecule has 2 rings (SSSR count). The number of hydrogen-bond donors (Lipinski definition) is 1. The molecule has 1 fully saturated rings. The molecule has 0 aliphatic carbocycles. The summed E-state index contributed by atoms with van der Waals surface area (Å²) in [4.78, 5) is 2.01. The number of nitrogens with zero attached hydrogens (tertiary/aromatic N) is 1. The largest absolute Gasteiger partial charge is 0.416 e. The lowest BCUT2D eigenvalue weighted by Crippen LogP contribution is -2.45. The van der Waals surface area contributed by atoms with Crippen LogP contribution in [-0.4, -0.2) is 31.1 Å². The summed E-state index contributed by atoms with van der Waals surface area (Å²) >= 11 is 0. The molecule has 122 valence electrons. The van der Waals surface area contributed by atoms with E-state index in [4.69, 9.17) is 0 Å². The van der Waals surface area contributed by atoms with Crippen molar-refractivity contribution in [3.8, 4) is 0 Å². The molecule has 0 spiro atoms. The minimum atomic E-state index is -4.57. The van der Waals surface area contributed by atoms with Crippen molar-refractivity contribution in [1.82, 2.24) is 10.2 Å². The van der Waals surface area contributed by atoms with Gasteiger partial charge in [-0.2, -0.15) is 13.2 Å². The van der Waals surface area contributed by atoms with E-state index in [2.05, 4.69) is 11.9 Å². The van der Waals surface area contributed by atoms with Crippen molar-refractivity contribution in [3.05, 3.63) is 47.3 Å². The van der Waals surface area contributed by atoms with Crippen LogP contribution in [0.1, 0.15) is 30.5 Å². The Morgan fingerprint density at radius 2 is 1.95 bits per heavy atom. The third-order valence-corrected chi connectivity index (χ3v) is 3.81. The van der Waals surface area contributed by atoms with Gasteiger partial charge in [0, 0.05) is 32.2 Å². The molecular formula is C16H20F4N2. The molecule has 22 heavy (non-hydrogen) atoms. The molecular weight excluding hydrogens is 296 g/mol. The predicted molar refractivity (Wildman–Crippen MR) is 78.0 cm³/mol. The molecule has 1 aromatic rings. The van der Waals surface area contributed by atoms with Gasteiger partial charge in [-0.25, -0.2) is 4.39 Å². The smallest absolute Gasteiger partial charge is 0.314 e. The maximum Gasteiger partial charge on any atom is 0.416 e. The molecule has 1 saturated heterocycles. The molecule has 2 nitrogen and oxygen atoms in total. The second-order valence-electron chi connectivity index (χ2n) is 5.69. The van der Waals surface area contributed by atoms with Crippen LogP contribution < -0.4 is 5.32 Å². The fourth-order valence-electron chi connectivity index (χ4n) is 2.82. The van der Waals surface area contributed by atoms with Gasteiger partial charge in [-0.3, -0.25) is 4.90 Å². The van der Waals surface area contributed by atoms with Crippen LogP contribution in [0.25, 0.3) is 0 Å². The van der Waals surface area contributed by atoms with Crippen LogP contribution in [-0.2, 0) is 6.18 Å². The van der Waals surface area contributed by atoms with Crippen molar-refractivity contribution in [1.29, 1.82) is 0 Å². The second kappa shape index (κ2) is 6.79. The summed E-state index contributed by atoms with van der Waals surface area (Å²) in [6.45, 7) is 8.41. The van der Waals surface area contributed by atoms with Crippen LogP contribution >= 0.6 is 0 Å². The summed E-state index contributed by atoms with van der Waals surface area (Å²) < 4.78 is 53.1. The van der Waals surface area contributed by atoms with E-state index in [-0.39, 0.29) is 5.56 Å². The zero-order valence-electron chi connectivity index (χ0n) is 12.5. The Kier molecular flexibility index (Phi) is 5.24. The summed E-state index contributed by atoms with van der Waals surface area (Å²) in [5, 5.41) is 3.18. The first-order valence-electron chi connectivity index (χ1n) is 7.25. The average molecular weight is 316 g/mol. The molecule has 1 heterocycles. The van der Waals surface area contributed by atoms with Gasteiger partial charge >= 0.3 is 6.18 Å². The maximum atomic E-state index is 13.3. The minimum Gasteiger partial charge on any atom is -0.314 e. The van der Waals surface area contributed by atoms with E-state index in [1.807, 2.05) is 4.90 Å². The summed E-state index contributed by atoms with van der Waals surface area (Å²) in [5.41, 5.74) is 0.0389. The van der Waals surface area contributed by atoms with E-state index in [1.54, 1.807) is 6.92 Å². The number of nitrogens with one attached hydrogen (secondary N) is 1. The van der Waals surface area contributed by atoms with Crippen molar-refractivity contribution >= 4 is 0 Å². The minimum absolute atomic E-state index is 0.124. The molecule has 0 saturated carbocycles. The van der Waals surface area contributed by atoms with Crippen molar-refractivity contribution in [2.75, 3.05) is 26.2 Å². The van der Waals surface area contributed by atoms with Crippen molar-refractivity contribution in [2.24, 2.45) is 0 Å². The molecule has 0 bridgehead atoms. The van der Waals surface area contributed by atoms with Crippen LogP contribution in [0.4, 0.5) is 17.6 Å². The van der Waals surface area contributed by atoms with Gasteiger partial charge in [-0.05, 0) is 31.0 Å². The van der Waals surface area contributed by atoms with Gasteiger partial charge in [-0.1, -0.05) is 11.6 Å². The Bertz CT molecular complexity index is 533. The quantitative estimate of drug-likeness (QED) is 0.672. The normalized spacial score (nSPS) is 18.2. The zero-order valence-corrected chi connectivity index (χ0v) is 12.5. The number of rotatable bonds is 4. The third kappa shape index (κ3) is 4.08. The van der Waals surface area contributed by atoms with E-state index in [0.717, 1.165) is 24.7 Å². The lowest BCUT2D eigenvalue weighted by atomic mass is 9.93.